The number of anilines is 1. The zero-order valence-corrected chi connectivity index (χ0v) is 12.8. The van der Waals surface area contributed by atoms with E-state index in [0.717, 1.165) is 6.26 Å². The van der Waals surface area contributed by atoms with Crippen LogP contribution in [0.3, 0.4) is 0 Å². The molecule has 6 nitrogen and oxygen atoms in total. The summed E-state index contributed by atoms with van der Waals surface area (Å²) in [7, 11) is -3.45. The van der Waals surface area contributed by atoms with Crippen LogP contribution in [-0.2, 0) is 9.84 Å². The molecule has 0 saturated carbocycles. The molecule has 112 valence electrons. The highest BCUT2D eigenvalue weighted by atomic mass is 32.2. The first-order valence-electron chi connectivity index (χ1n) is 6.04. The second kappa shape index (κ2) is 5.41. The molecule has 20 heavy (non-hydrogen) atoms. The van der Waals surface area contributed by atoms with E-state index < -0.39 is 27.4 Å². The van der Waals surface area contributed by atoms with Gasteiger partial charge in [-0.25, -0.2) is 8.42 Å². The highest BCUT2D eigenvalue weighted by molar-refractivity contribution is 7.90. The first-order valence-corrected chi connectivity index (χ1v) is 7.94. The number of aliphatic hydroxyl groups excluding tert-OH is 1. The average molecular weight is 300 g/mol. The number of hydrogen-bond acceptors (Lipinski definition) is 5. The smallest absolute Gasteiger partial charge is 0.251 e. The molecule has 0 spiro atoms. The molecule has 0 aliphatic carbocycles. The standard InChI is InChI=1S/C13H20N2O4S/c1-8(16)13(2,3)15-12(17)9-5-10(14)7-11(6-9)20(4,18)19/h5-8,16H,14H2,1-4H3,(H,15,17). The molecule has 1 aromatic rings. The molecule has 1 atom stereocenters. The molecular weight excluding hydrogens is 280 g/mol. The Morgan fingerprint density at radius 1 is 1.35 bits per heavy atom. The molecule has 0 radical (unpaired) electrons. The minimum absolute atomic E-state index is 0.0162. The molecule has 0 heterocycles. The van der Waals surface area contributed by atoms with E-state index in [1.807, 2.05) is 0 Å². The van der Waals surface area contributed by atoms with E-state index in [1.165, 1.54) is 18.2 Å². The van der Waals surface area contributed by atoms with Crippen molar-refractivity contribution in [3.05, 3.63) is 23.8 Å². The quantitative estimate of drug-likeness (QED) is 0.704. The van der Waals surface area contributed by atoms with Crippen molar-refractivity contribution < 1.29 is 18.3 Å². The van der Waals surface area contributed by atoms with Gasteiger partial charge >= 0.3 is 0 Å². The van der Waals surface area contributed by atoms with Gasteiger partial charge in [-0.05, 0) is 39.0 Å². The molecule has 0 bridgehead atoms. The summed E-state index contributed by atoms with van der Waals surface area (Å²) in [4.78, 5) is 12.1. The van der Waals surface area contributed by atoms with Gasteiger partial charge in [0.15, 0.2) is 9.84 Å². The lowest BCUT2D eigenvalue weighted by atomic mass is 9.98. The number of nitrogens with one attached hydrogen (secondary N) is 1. The first-order chi connectivity index (χ1) is 8.93. The van der Waals surface area contributed by atoms with E-state index >= 15 is 0 Å². The van der Waals surface area contributed by atoms with Crippen molar-refractivity contribution in [3.63, 3.8) is 0 Å². The predicted molar refractivity (Wildman–Crippen MR) is 77.2 cm³/mol. The number of aliphatic hydroxyl groups is 1. The first kappa shape index (κ1) is 16.5. The van der Waals surface area contributed by atoms with Crippen molar-refractivity contribution in [2.45, 2.75) is 37.3 Å². The van der Waals surface area contributed by atoms with Gasteiger partial charge in [0.25, 0.3) is 5.91 Å². The largest absolute Gasteiger partial charge is 0.399 e. The minimum Gasteiger partial charge on any atom is -0.399 e. The summed E-state index contributed by atoms with van der Waals surface area (Å²) in [5.74, 6) is -0.492. The summed E-state index contributed by atoms with van der Waals surface area (Å²) >= 11 is 0. The summed E-state index contributed by atoms with van der Waals surface area (Å²) in [5.41, 5.74) is 5.11. The van der Waals surface area contributed by atoms with Crippen LogP contribution in [0.2, 0.25) is 0 Å². The third-order valence-corrected chi connectivity index (χ3v) is 4.19. The summed E-state index contributed by atoms with van der Waals surface area (Å²) < 4.78 is 23.1. The molecule has 0 aliphatic heterocycles. The van der Waals surface area contributed by atoms with Crippen LogP contribution >= 0.6 is 0 Å². The molecule has 0 saturated heterocycles. The second-order valence-electron chi connectivity index (χ2n) is 5.41. The number of hydrogen-bond donors (Lipinski definition) is 3. The number of carbonyl (C=O) groups is 1. The van der Waals surface area contributed by atoms with Crippen LogP contribution in [0.15, 0.2) is 23.1 Å². The van der Waals surface area contributed by atoms with Gasteiger partial charge in [-0.1, -0.05) is 0 Å². The summed E-state index contributed by atoms with van der Waals surface area (Å²) in [6.45, 7) is 4.89. The highest BCUT2D eigenvalue weighted by Gasteiger charge is 2.27. The number of nitrogen functional groups attached to an aromatic ring is 1. The highest BCUT2D eigenvalue weighted by Crippen LogP contribution is 2.18. The Bertz CT molecular complexity index is 621. The van der Waals surface area contributed by atoms with Crippen molar-refractivity contribution in [1.29, 1.82) is 0 Å². The maximum Gasteiger partial charge on any atom is 0.251 e. The van der Waals surface area contributed by atoms with Crippen molar-refractivity contribution in [3.8, 4) is 0 Å². The third kappa shape index (κ3) is 3.94. The van der Waals surface area contributed by atoms with Gasteiger partial charge in [-0.3, -0.25) is 4.79 Å². The van der Waals surface area contributed by atoms with Gasteiger partial charge in [0.2, 0.25) is 0 Å². The Morgan fingerprint density at radius 3 is 2.35 bits per heavy atom. The zero-order valence-electron chi connectivity index (χ0n) is 12.0. The fourth-order valence-electron chi connectivity index (χ4n) is 1.44. The molecule has 1 unspecified atom stereocenters. The van der Waals surface area contributed by atoms with Crippen LogP contribution in [0, 0.1) is 0 Å². The van der Waals surface area contributed by atoms with Crippen LogP contribution in [0.25, 0.3) is 0 Å². The van der Waals surface area contributed by atoms with Gasteiger partial charge in [0.05, 0.1) is 16.5 Å². The van der Waals surface area contributed by atoms with Crippen molar-refractivity contribution in [2.24, 2.45) is 0 Å². The molecule has 1 amide bonds. The normalized spacial score (nSPS) is 13.8. The van der Waals surface area contributed by atoms with Crippen LogP contribution in [0.5, 0.6) is 0 Å². The Balaban J connectivity index is 3.15. The summed E-state index contributed by atoms with van der Waals surface area (Å²) in [6.07, 6.45) is 0.283. The van der Waals surface area contributed by atoms with Gasteiger partial charge in [0.1, 0.15) is 0 Å². The molecule has 0 fully saturated rings. The van der Waals surface area contributed by atoms with Gasteiger partial charge in [-0.15, -0.1) is 0 Å². The van der Waals surface area contributed by atoms with Gasteiger partial charge < -0.3 is 16.2 Å². The van der Waals surface area contributed by atoms with Crippen molar-refractivity contribution >= 4 is 21.4 Å². The van der Waals surface area contributed by atoms with E-state index in [9.17, 15) is 18.3 Å². The van der Waals surface area contributed by atoms with E-state index in [2.05, 4.69) is 5.32 Å². The van der Waals surface area contributed by atoms with Gasteiger partial charge in [-0.2, -0.15) is 0 Å². The van der Waals surface area contributed by atoms with Crippen molar-refractivity contribution in [2.75, 3.05) is 12.0 Å². The molecule has 7 heteroatoms. The Kier molecular flexibility index (Phi) is 4.45. The Labute approximate surface area is 118 Å². The van der Waals surface area contributed by atoms with Crippen LogP contribution in [0.4, 0.5) is 5.69 Å². The van der Waals surface area contributed by atoms with E-state index in [-0.39, 0.29) is 16.1 Å². The van der Waals surface area contributed by atoms with Crippen LogP contribution in [-0.4, -0.2) is 37.3 Å². The minimum atomic E-state index is -3.45. The van der Waals surface area contributed by atoms with Crippen LogP contribution in [0.1, 0.15) is 31.1 Å². The number of sulfone groups is 1. The summed E-state index contributed by atoms with van der Waals surface area (Å²) in [6, 6.07) is 3.95. The Hall–Kier alpha value is -1.60. The monoisotopic (exact) mass is 300 g/mol. The van der Waals surface area contributed by atoms with Crippen LogP contribution < -0.4 is 11.1 Å². The van der Waals surface area contributed by atoms with Crippen molar-refractivity contribution in [1.82, 2.24) is 5.32 Å². The van der Waals surface area contributed by atoms with E-state index in [4.69, 9.17) is 5.73 Å². The lowest BCUT2D eigenvalue weighted by molar-refractivity contribution is 0.0709. The fourth-order valence-corrected chi connectivity index (χ4v) is 2.13. The van der Waals surface area contributed by atoms with Gasteiger partial charge in [0, 0.05) is 17.5 Å². The number of nitrogens with two attached hydrogens (primary N) is 1. The molecule has 0 aromatic heterocycles. The topological polar surface area (TPSA) is 109 Å². The number of benzene rings is 1. The van der Waals surface area contributed by atoms with E-state index in [0.29, 0.717) is 0 Å². The SMILES string of the molecule is CC(O)C(C)(C)NC(=O)c1cc(N)cc(S(C)(=O)=O)c1. The molecule has 4 N–H and O–H groups in total. The number of rotatable bonds is 4. The fraction of sp³-hybridized carbons (Fsp3) is 0.462. The Morgan fingerprint density at radius 2 is 1.90 bits per heavy atom. The molecule has 0 aliphatic rings. The van der Waals surface area contributed by atoms with E-state index in [1.54, 1.807) is 20.8 Å². The number of carbonyl (C=O) groups excluding carboxylic acids is 1. The lowest BCUT2D eigenvalue weighted by Gasteiger charge is -2.29. The maximum atomic E-state index is 12.1. The molecule has 1 rings (SSSR count). The maximum absolute atomic E-state index is 12.1. The second-order valence-corrected chi connectivity index (χ2v) is 7.43. The molecule has 1 aromatic carbocycles. The third-order valence-electron chi connectivity index (χ3n) is 3.10. The average Bonchev–Trinajstić information content (AvgIpc) is 2.26. The molecular formula is C13H20N2O4S. The lowest BCUT2D eigenvalue weighted by Crippen LogP contribution is -2.51. The predicted octanol–water partition coefficient (Wildman–Crippen LogP) is 0.561. The zero-order chi connectivity index (χ0) is 15.7. The number of amides is 1. The summed E-state index contributed by atoms with van der Waals surface area (Å²) in [5, 5.41) is 12.2.